The number of hydrogen-bond acceptors (Lipinski definition) is 3. The highest BCUT2D eigenvalue weighted by atomic mass is 16.3. The van der Waals surface area contributed by atoms with Crippen molar-refractivity contribution in [2.24, 2.45) is 0 Å². The molecule has 0 spiro atoms. The van der Waals surface area contributed by atoms with Crippen LogP contribution < -0.4 is 0 Å². The highest BCUT2D eigenvalue weighted by Crippen LogP contribution is 1.90. The average molecular weight is 113 g/mol. The van der Waals surface area contributed by atoms with E-state index in [0.29, 0.717) is 0 Å². The van der Waals surface area contributed by atoms with Gasteiger partial charge in [-0.3, -0.25) is 0 Å². The molecule has 1 aromatic heterocycles. The highest BCUT2D eigenvalue weighted by Gasteiger charge is 1.95. The fourth-order valence-corrected chi connectivity index (χ4v) is 0.419. The van der Waals surface area contributed by atoms with Crippen LogP contribution in [0.1, 0.15) is 13.2 Å². The second-order valence-electron chi connectivity index (χ2n) is 1.48. The molecule has 44 valence electrons. The average Bonchev–Trinajstić information content (AvgIpc) is 2.12. The Hall–Kier alpha value is -0.900. The minimum atomic E-state index is -0.620. The summed E-state index contributed by atoms with van der Waals surface area (Å²) in [7, 11) is 0. The van der Waals surface area contributed by atoms with Crippen molar-refractivity contribution in [3.05, 3.63) is 12.4 Å². The molecule has 0 aromatic carbocycles. The standard InChI is InChI=1S/C4H7N3O/c1-4(8)7-5-2-3-6-7/h2-4,8H,1H3. The van der Waals surface area contributed by atoms with E-state index in [9.17, 15) is 0 Å². The van der Waals surface area contributed by atoms with E-state index >= 15 is 0 Å². The molecular formula is C4H7N3O. The zero-order valence-corrected chi connectivity index (χ0v) is 4.52. The van der Waals surface area contributed by atoms with E-state index < -0.39 is 6.23 Å². The first-order chi connectivity index (χ1) is 3.80. The van der Waals surface area contributed by atoms with Gasteiger partial charge < -0.3 is 5.11 Å². The molecule has 1 rings (SSSR count). The Bertz CT molecular complexity index is 146. The molecule has 1 unspecified atom stereocenters. The molecule has 0 aliphatic rings. The molecule has 1 N–H and O–H groups in total. The fraction of sp³-hybridized carbons (Fsp3) is 0.500. The lowest BCUT2D eigenvalue weighted by Gasteiger charge is -1.98. The maximum Gasteiger partial charge on any atom is 0.163 e. The van der Waals surface area contributed by atoms with Gasteiger partial charge in [0.25, 0.3) is 0 Å². The van der Waals surface area contributed by atoms with Crippen molar-refractivity contribution >= 4 is 0 Å². The van der Waals surface area contributed by atoms with Crippen LogP contribution in [0.2, 0.25) is 0 Å². The summed E-state index contributed by atoms with van der Waals surface area (Å²) in [6.07, 6.45) is 2.42. The van der Waals surface area contributed by atoms with E-state index in [-0.39, 0.29) is 0 Å². The van der Waals surface area contributed by atoms with Crippen molar-refractivity contribution in [3.63, 3.8) is 0 Å². The molecule has 1 atom stereocenters. The van der Waals surface area contributed by atoms with Crippen LogP contribution in [0.25, 0.3) is 0 Å². The molecule has 0 aliphatic carbocycles. The van der Waals surface area contributed by atoms with E-state index in [1.54, 1.807) is 6.92 Å². The number of aromatic nitrogens is 3. The van der Waals surface area contributed by atoms with Crippen molar-refractivity contribution < 1.29 is 5.11 Å². The first kappa shape index (κ1) is 5.24. The Morgan fingerprint density at radius 3 is 2.25 bits per heavy atom. The number of nitrogens with zero attached hydrogens (tertiary/aromatic N) is 3. The monoisotopic (exact) mass is 113 g/mol. The van der Waals surface area contributed by atoms with Gasteiger partial charge in [-0.25, -0.2) is 0 Å². The third kappa shape index (κ3) is 0.840. The maximum absolute atomic E-state index is 8.75. The van der Waals surface area contributed by atoms with Crippen molar-refractivity contribution in [1.29, 1.82) is 0 Å². The SMILES string of the molecule is CC(O)n1nccn1. The maximum atomic E-state index is 8.75. The summed E-state index contributed by atoms with van der Waals surface area (Å²) >= 11 is 0. The number of aliphatic hydroxyl groups is 1. The molecule has 1 aromatic rings. The smallest absolute Gasteiger partial charge is 0.163 e. The van der Waals surface area contributed by atoms with E-state index in [2.05, 4.69) is 10.2 Å². The van der Waals surface area contributed by atoms with Crippen LogP contribution in [0, 0.1) is 0 Å². The molecule has 4 heteroatoms. The Morgan fingerprint density at radius 2 is 2.00 bits per heavy atom. The Morgan fingerprint density at radius 1 is 1.50 bits per heavy atom. The molecule has 0 bridgehead atoms. The van der Waals surface area contributed by atoms with Crippen LogP contribution in [0.5, 0.6) is 0 Å². The van der Waals surface area contributed by atoms with Crippen LogP contribution in [0.4, 0.5) is 0 Å². The van der Waals surface area contributed by atoms with Gasteiger partial charge in [-0.05, 0) is 6.92 Å². The molecule has 4 nitrogen and oxygen atoms in total. The predicted octanol–water partition coefficient (Wildman–Crippen LogP) is -0.211. The lowest BCUT2D eigenvalue weighted by atomic mass is 10.7. The van der Waals surface area contributed by atoms with E-state index in [0.717, 1.165) is 0 Å². The molecule has 0 saturated heterocycles. The van der Waals surface area contributed by atoms with E-state index in [4.69, 9.17) is 5.11 Å². The van der Waals surface area contributed by atoms with Crippen LogP contribution in [0.3, 0.4) is 0 Å². The minimum Gasteiger partial charge on any atom is -0.370 e. The molecule has 0 amide bonds. The molecule has 0 fully saturated rings. The topological polar surface area (TPSA) is 50.9 Å². The van der Waals surface area contributed by atoms with Gasteiger partial charge in [-0.1, -0.05) is 0 Å². The lowest BCUT2D eigenvalue weighted by Crippen LogP contribution is -2.06. The molecular weight excluding hydrogens is 106 g/mol. The summed E-state index contributed by atoms with van der Waals surface area (Å²) in [5.41, 5.74) is 0. The Balaban J connectivity index is 2.77. The first-order valence-corrected chi connectivity index (χ1v) is 2.34. The van der Waals surface area contributed by atoms with Gasteiger partial charge in [0.15, 0.2) is 6.23 Å². The number of rotatable bonds is 1. The molecule has 0 aliphatic heterocycles. The molecule has 8 heavy (non-hydrogen) atoms. The summed E-state index contributed by atoms with van der Waals surface area (Å²) < 4.78 is 0. The van der Waals surface area contributed by atoms with Crippen molar-refractivity contribution in [2.75, 3.05) is 0 Å². The summed E-state index contributed by atoms with van der Waals surface area (Å²) in [5.74, 6) is 0. The minimum absolute atomic E-state index is 0.620. The van der Waals surface area contributed by atoms with Crippen LogP contribution in [0.15, 0.2) is 12.4 Å². The summed E-state index contributed by atoms with van der Waals surface area (Å²) in [6, 6.07) is 0. The first-order valence-electron chi connectivity index (χ1n) is 2.34. The summed E-state index contributed by atoms with van der Waals surface area (Å²) in [6.45, 7) is 1.60. The van der Waals surface area contributed by atoms with Gasteiger partial charge in [0.1, 0.15) is 0 Å². The largest absolute Gasteiger partial charge is 0.370 e. The van der Waals surface area contributed by atoms with Crippen LogP contribution >= 0.6 is 0 Å². The Kier molecular flexibility index (Phi) is 1.26. The van der Waals surface area contributed by atoms with Gasteiger partial charge in [-0.2, -0.15) is 15.0 Å². The van der Waals surface area contributed by atoms with E-state index in [1.165, 1.54) is 17.2 Å². The van der Waals surface area contributed by atoms with Crippen molar-refractivity contribution in [1.82, 2.24) is 15.0 Å². The number of aliphatic hydroxyl groups excluding tert-OH is 1. The fourth-order valence-electron chi connectivity index (χ4n) is 0.419. The zero-order valence-electron chi connectivity index (χ0n) is 4.52. The zero-order chi connectivity index (χ0) is 5.98. The van der Waals surface area contributed by atoms with Crippen molar-refractivity contribution in [2.45, 2.75) is 13.2 Å². The molecule has 0 saturated carbocycles. The van der Waals surface area contributed by atoms with Gasteiger partial charge in [-0.15, -0.1) is 0 Å². The normalized spacial score (nSPS) is 13.8. The van der Waals surface area contributed by atoms with Crippen molar-refractivity contribution in [3.8, 4) is 0 Å². The van der Waals surface area contributed by atoms with Gasteiger partial charge in [0.2, 0.25) is 0 Å². The van der Waals surface area contributed by atoms with Gasteiger partial charge >= 0.3 is 0 Å². The second kappa shape index (κ2) is 1.92. The van der Waals surface area contributed by atoms with Crippen LogP contribution in [-0.4, -0.2) is 20.1 Å². The quantitative estimate of drug-likeness (QED) is 0.548. The van der Waals surface area contributed by atoms with Gasteiger partial charge in [0, 0.05) is 0 Å². The molecule has 1 heterocycles. The predicted molar refractivity (Wildman–Crippen MR) is 27.0 cm³/mol. The Labute approximate surface area is 46.8 Å². The third-order valence-corrected chi connectivity index (χ3v) is 0.771. The second-order valence-corrected chi connectivity index (χ2v) is 1.48. The van der Waals surface area contributed by atoms with Gasteiger partial charge in [0.05, 0.1) is 12.4 Å². The van der Waals surface area contributed by atoms with E-state index in [1.807, 2.05) is 0 Å². The lowest BCUT2D eigenvalue weighted by molar-refractivity contribution is 0.0947. The summed E-state index contributed by atoms with van der Waals surface area (Å²) in [5, 5.41) is 16.1. The van der Waals surface area contributed by atoms with Crippen LogP contribution in [-0.2, 0) is 0 Å². The summed E-state index contributed by atoms with van der Waals surface area (Å²) in [4.78, 5) is 1.22. The highest BCUT2D eigenvalue weighted by molar-refractivity contribution is 4.60. The number of hydrogen-bond donors (Lipinski definition) is 1. The molecule has 0 radical (unpaired) electrons. The third-order valence-electron chi connectivity index (χ3n) is 0.771.